The van der Waals surface area contributed by atoms with Crippen LogP contribution in [0.25, 0.3) is 0 Å². The monoisotopic (exact) mass is 181 g/mol. The maximum absolute atomic E-state index is 12.4. The minimum atomic E-state index is -4.95. The minimum absolute atomic E-state index is 0.837. The zero-order valence-electron chi connectivity index (χ0n) is 10.7. The maximum Gasteiger partial charge on any atom is 0.433 e. The number of hydrogen-bond acceptors (Lipinski definition) is 2. The lowest BCUT2D eigenvalue weighted by atomic mass is 10.2. The van der Waals surface area contributed by atoms with Gasteiger partial charge in [-0.1, -0.05) is 6.04 Å². The van der Waals surface area contributed by atoms with Crippen LogP contribution in [-0.2, 0) is 6.18 Å². The van der Waals surface area contributed by atoms with Crippen molar-refractivity contribution in [1.82, 2.24) is 4.98 Å². The van der Waals surface area contributed by atoms with E-state index < -0.39 is 42.2 Å². The summed E-state index contributed by atoms with van der Waals surface area (Å²) in [5.41, 5.74) is 2.60. The Hall–Kier alpha value is -1.26. The van der Waals surface area contributed by atoms with Crippen molar-refractivity contribution in [3.8, 4) is 0 Å². The highest BCUT2D eigenvalue weighted by molar-refractivity contribution is 5.39. The summed E-state index contributed by atoms with van der Waals surface area (Å²) >= 11 is 0. The van der Waals surface area contributed by atoms with Gasteiger partial charge in [-0.05, 0) is 18.5 Å². The molecule has 1 aromatic rings. The molecule has 2 N–H and O–H groups in total. The molecule has 0 aliphatic rings. The molecule has 0 saturated carbocycles. The van der Waals surface area contributed by atoms with Crippen molar-refractivity contribution >= 4 is 5.82 Å². The fourth-order valence-corrected chi connectivity index (χ4v) is 0.524. The van der Waals surface area contributed by atoms with Crippen LogP contribution in [0.1, 0.15) is 18.1 Å². The molecule has 0 atom stereocenters. The summed E-state index contributed by atoms with van der Waals surface area (Å²) < 4.78 is 72.5. The van der Waals surface area contributed by atoms with Crippen LogP contribution < -0.4 is 5.73 Å². The molecule has 1 aromatic heterocycles. The second-order valence-corrected chi connectivity index (χ2v) is 1.97. The third kappa shape index (κ3) is 1.66. The highest BCUT2D eigenvalue weighted by Crippen LogP contribution is 2.28. The number of rotatable bonds is 0. The Labute approximate surface area is 74.2 Å². The van der Waals surface area contributed by atoms with Crippen LogP contribution in [0.4, 0.5) is 19.0 Å². The number of nitrogen functional groups attached to an aromatic ring is 1. The fraction of sp³-hybridized carbons (Fsp3) is 0.286. The molecule has 0 saturated heterocycles. The first kappa shape index (κ1) is 4.11. The molecule has 0 amide bonds. The van der Waals surface area contributed by atoms with E-state index in [4.69, 9.17) is 12.6 Å². The zero-order valence-corrected chi connectivity index (χ0v) is 5.66. The van der Waals surface area contributed by atoms with E-state index >= 15 is 0 Å². The molecular weight excluding hydrogens is 169 g/mol. The number of pyridine rings is 1. The molecule has 0 radical (unpaired) electrons. The topological polar surface area (TPSA) is 38.9 Å². The van der Waals surface area contributed by atoms with Gasteiger partial charge in [-0.25, -0.2) is 4.98 Å². The van der Waals surface area contributed by atoms with Crippen LogP contribution in [0.5, 0.6) is 0 Å². The highest BCUT2D eigenvalue weighted by atomic mass is 19.4. The van der Waals surface area contributed by atoms with E-state index in [1.807, 2.05) is 0 Å². The third-order valence-corrected chi connectivity index (χ3v) is 1.06. The minimum Gasteiger partial charge on any atom is -0.383 e. The van der Waals surface area contributed by atoms with E-state index in [2.05, 4.69) is 4.98 Å². The Bertz CT molecular complexity index is 454. The molecule has 1 rings (SSSR count). The Kier molecular flexibility index (Phi) is 0.910. The molecule has 12 heavy (non-hydrogen) atoms. The lowest BCUT2D eigenvalue weighted by Gasteiger charge is -2.06. The first-order valence-corrected chi connectivity index (χ1v) is 2.80. The maximum atomic E-state index is 12.4. The zero-order chi connectivity index (χ0) is 13.6. The first-order valence-electron chi connectivity index (χ1n) is 5.30. The number of halogens is 3. The molecule has 2 nitrogen and oxygen atoms in total. The van der Waals surface area contributed by atoms with Crippen LogP contribution in [0.15, 0.2) is 12.1 Å². The van der Waals surface area contributed by atoms with Gasteiger partial charge in [0.25, 0.3) is 0 Å². The van der Waals surface area contributed by atoms with Crippen molar-refractivity contribution in [3.63, 3.8) is 0 Å². The van der Waals surface area contributed by atoms with Crippen molar-refractivity contribution in [1.29, 1.82) is 0 Å². The van der Waals surface area contributed by atoms with E-state index in [0.717, 1.165) is 0 Å². The van der Waals surface area contributed by atoms with Crippen LogP contribution in [-0.4, -0.2) is 4.98 Å². The van der Waals surface area contributed by atoms with Gasteiger partial charge in [0.1, 0.15) is 11.5 Å². The van der Waals surface area contributed by atoms with Gasteiger partial charge in [0, 0.05) is 4.11 Å². The average molecular weight is 181 g/mol. The van der Waals surface area contributed by atoms with Crippen molar-refractivity contribution in [2.45, 2.75) is 13.0 Å². The van der Waals surface area contributed by atoms with Gasteiger partial charge in [0.05, 0.1) is 2.74 Å². The molecule has 0 unspecified atom stereocenters. The van der Waals surface area contributed by atoms with Crippen molar-refractivity contribution in [3.05, 3.63) is 23.3 Å². The second kappa shape index (κ2) is 2.66. The van der Waals surface area contributed by atoms with Gasteiger partial charge in [0.15, 0.2) is 0 Å². The lowest BCUT2D eigenvalue weighted by Crippen LogP contribution is -2.09. The van der Waals surface area contributed by atoms with Crippen LogP contribution in [0.3, 0.4) is 0 Å². The smallest absolute Gasteiger partial charge is 0.383 e. The Balaban J connectivity index is 3.60. The van der Waals surface area contributed by atoms with E-state index in [1.165, 1.54) is 0 Å². The summed E-state index contributed by atoms with van der Waals surface area (Å²) in [5, 5.41) is 0. The quantitative estimate of drug-likeness (QED) is 0.664. The van der Waals surface area contributed by atoms with E-state index in [9.17, 15) is 13.2 Å². The molecule has 0 aliphatic heterocycles. The SMILES string of the molecule is [2H]c1c(C(F)(F)F)nc(N)c(C([2H])([2H])[2H])c1[2H]. The van der Waals surface area contributed by atoms with Gasteiger partial charge in [-0.15, -0.1) is 0 Å². The molecule has 1 heterocycles. The van der Waals surface area contributed by atoms with Crippen molar-refractivity contribution in [2.75, 3.05) is 5.73 Å². The van der Waals surface area contributed by atoms with Crippen LogP contribution >= 0.6 is 0 Å². The number of alkyl halides is 3. The molecule has 0 spiro atoms. The van der Waals surface area contributed by atoms with E-state index in [0.29, 0.717) is 0 Å². The summed E-state index contributed by atoms with van der Waals surface area (Å²) in [6.07, 6.45) is -4.95. The lowest BCUT2D eigenvalue weighted by molar-refractivity contribution is -0.141. The average Bonchev–Trinajstić information content (AvgIpc) is 2.07. The predicted molar refractivity (Wildman–Crippen MR) is 38.4 cm³/mol. The summed E-state index contributed by atoms with van der Waals surface area (Å²) in [7, 11) is 0. The molecule has 0 fully saturated rings. The largest absolute Gasteiger partial charge is 0.433 e. The van der Waals surface area contributed by atoms with Crippen LogP contribution in [0, 0.1) is 6.85 Å². The Morgan fingerprint density at radius 3 is 2.75 bits per heavy atom. The van der Waals surface area contributed by atoms with E-state index in [-0.39, 0.29) is 0 Å². The molecule has 66 valence electrons. The summed E-state index contributed by atoms with van der Waals surface area (Å²) in [4.78, 5) is 2.86. The molecule has 5 heteroatoms. The number of nitrogens with two attached hydrogens (primary N) is 1. The highest BCUT2D eigenvalue weighted by Gasteiger charge is 2.32. The summed E-state index contributed by atoms with van der Waals surface area (Å²) in [5.74, 6) is -0.904. The van der Waals surface area contributed by atoms with Gasteiger partial charge in [-0.3, -0.25) is 0 Å². The normalized spacial score (nSPS) is 18.8. The second-order valence-electron chi connectivity index (χ2n) is 1.97. The fourth-order valence-electron chi connectivity index (χ4n) is 0.524. The number of hydrogen-bond donors (Lipinski definition) is 1. The number of nitrogens with zero attached hydrogens (tertiary/aromatic N) is 1. The Morgan fingerprint density at radius 2 is 2.25 bits per heavy atom. The molecule has 0 bridgehead atoms. The standard InChI is InChI=1S/C7H7F3N2/c1-4-2-3-5(7(8,9)10)12-6(4)11/h2-3H,1H3,(H2,11,12)/i1D3,2D,3D. The van der Waals surface area contributed by atoms with E-state index in [1.54, 1.807) is 0 Å². The van der Waals surface area contributed by atoms with Crippen molar-refractivity contribution in [2.24, 2.45) is 0 Å². The van der Waals surface area contributed by atoms with Crippen molar-refractivity contribution < 1.29 is 20.0 Å². The predicted octanol–water partition coefficient (Wildman–Crippen LogP) is 1.99. The summed E-state index contributed by atoms with van der Waals surface area (Å²) in [6, 6.07) is -2.37. The van der Waals surface area contributed by atoms with Gasteiger partial charge < -0.3 is 5.73 Å². The summed E-state index contributed by atoms with van der Waals surface area (Å²) in [6.45, 7) is -2.88. The third-order valence-electron chi connectivity index (χ3n) is 1.06. The van der Waals surface area contributed by atoms with Gasteiger partial charge in [0.2, 0.25) is 0 Å². The first-order chi connectivity index (χ1) is 7.46. The van der Waals surface area contributed by atoms with Crippen LogP contribution in [0.2, 0.25) is 0 Å². The Morgan fingerprint density at radius 1 is 1.58 bits per heavy atom. The molecule has 0 aromatic carbocycles. The molecular formula is C7H7F3N2. The number of aromatic nitrogens is 1. The van der Waals surface area contributed by atoms with Gasteiger partial charge >= 0.3 is 6.18 Å². The number of anilines is 1. The van der Waals surface area contributed by atoms with Gasteiger partial charge in [-0.2, -0.15) is 13.2 Å². The molecule has 0 aliphatic carbocycles.